The van der Waals surface area contributed by atoms with E-state index in [1.54, 1.807) is 14.2 Å². The molecule has 0 bridgehead atoms. The van der Waals surface area contributed by atoms with Gasteiger partial charge in [0.1, 0.15) is 50.0 Å². The fourth-order valence-corrected chi connectivity index (χ4v) is 3.62. The Kier molecular flexibility index (Phi) is 7.00. The van der Waals surface area contributed by atoms with Crippen molar-refractivity contribution in [3.63, 3.8) is 0 Å². The number of anilines is 1. The summed E-state index contributed by atoms with van der Waals surface area (Å²) in [5.41, 5.74) is 0.781. The Bertz CT molecular complexity index is 835. The second-order valence-electron chi connectivity index (χ2n) is 7.19. The second-order valence-corrected chi connectivity index (χ2v) is 7.19. The lowest BCUT2D eigenvalue weighted by atomic mass is 10.1. The molecule has 0 unspecified atom stereocenters. The summed E-state index contributed by atoms with van der Waals surface area (Å²) >= 11 is 0. The maximum atomic E-state index is 13.7. The van der Waals surface area contributed by atoms with Gasteiger partial charge in [0, 0.05) is 5.56 Å². The molecule has 1 amide bonds. The van der Waals surface area contributed by atoms with Gasteiger partial charge >= 0.3 is 0 Å². The van der Waals surface area contributed by atoms with Crippen LogP contribution in [-0.4, -0.2) is 52.9 Å². The van der Waals surface area contributed by atoms with Crippen LogP contribution in [-0.2, 0) is 11.3 Å². The highest BCUT2D eigenvalue weighted by Gasteiger charge is 2.26. The van der Waals surface area contributed by atoms with Crippen molar-refractivity contribution >= 4 is 11.6 Å². The summed E-state index contributed by atoms with van der Waals surface area (Å²) in [6, 6.07) is 9.45. The zero-order chi connectivity index (χ0) is 20.8. The molecule has 0 spiro atoms. The molecule has 1 aliphatic rings. The molecule has 1 heterocycles. The fourth-order valence-electron chi connectivity index (χ4n) is 3.62. The number of nitrogens with one attached hydrogen (secondary N) is 3. The first-order chi connectivity index (χ1) is 14.0. The lowest BCUT2D eigenvalue weighted by molar-refractivity contribution is -1.02. The summed E-state index contributed by atoms with van der Waals surface area (Å²) in [5.74, 6) is -0.495. The number of rotatable bonds is 7. The lowest BCUT2D eigenvalue weighted by Crippen LogP contribution is -3.28. The molecule has 0 aliphatic carbocycles. The number of carbonyl (C=O) groups excluding carboxylic acids is 1. The monoisotopic (exact) mass is 407 g/mol. The number of amides is 1. The van der Waals surface area contributed by atoms with Crippen LogP contribution in [0.2, 0.25) is 0 Å². The van der Waals surface area contributed by atoms with Crippen LogP contribution >= 0.6 is 0 Å². The normalized spacial score (nSPS) is 18.9. The molecule has 2 aromatic carbocycles. The number of halogens is 2. The van der Waals surface area contributed by atoms with Gasteiger partial charge in [-0.05, 0) is 30.3 Å². The number of piperazine rings is 1. The molecule has 8 heteroatoms. The largest absolute Gasteiger partial charge is 0.493 e. The van der Waals surface area contributed by atoms with Gasteiger partial charge < -0.3 is 24.6 Å². The van der Waals surface area contributed by atoms with Gasteiger partial charge in [-0.3, -0.25) is 4.79 Å². The van der Waals surface area contributed by atoms with Gasteiger partial charge in [0.05, 0.1) is 14.2 Å². The van der Waals surface area contributed by atoms with Gasteiger partial charge in [-0.1, -0.05) is 6.07 Å². The van der Waals surface area contributed by atoms with E-state index in [9.17, 15) is 13.6 Å². The topological polar surface area (TPSA) is 56.4 Å². The third-order valence-corrected chi connectivity index (χ3v) is 5.20. The molecule has 1 saturated heterocycles. The van der Waals surface area contributed by atoms with E-state index < -0.39 is 11.6 Å². The predicted octanol–water partition coefficient (Wildman–Crippen LogP) is -0.0959. The highest BCUT2D eigenvalue weighted by atomic mass is 19.1. The van der Waals surface area contributed by atoms with E-state index in [0.717, 1.165) is 55.3 Å². The molecule has 29 heavy (non-hydrogen) atoms. The summed E-state index contributed by atoms with van der Waals surface area (Å²) in [6.45, 7) is 4.50. The van der Waals surface area contributed by atoms with E-state index in [0.29, 0.717) is 11.5 Å². The van der Waals surface area contributed by atoms with Gasteiger partial charge in [0.15, 0.2) is 18.0 Å². The minimum Gasteiger partial charge on any atom is -0.493 e. The van der Waals surface area contributed by atoms with E-state index in [1.807, 2.05) is 18.2 Å². The average Bonchev–Trinajstić information content (AvgIpc) is 2.72. The number of hydrogen-bond acceptors (Lipinski definition) is 3. The van der Waals surface area contributed by atoms with Crippen LogP contribution < -0.4 is 24.6 Å². The van der Waals surface area contributed by atoms with Crippen LogP contribution in [0.3, 0.4) is 0 Å². The van der Waals surface area contributed by atoms with Crippen molar-refractivity contribution in [3.8, 4) is 11.5 Å². The van der Waals surface area contributed by atoms with Crippen molar-refractivity contribution in [2.45, 2.75) is 6.54 Å². The first-order valence-corrected chi connectivity index (χ1v) is 9.62. The first kappa shape index (κ1) is 21.0. The van der Waals surface area contributed by atoms with Gasteiger partial charge in [0.25, 0.3) is 5.91 Å². The molecule has 3 rings (SSSR count). The van der Waals surface area contributed by atoms with E-state index in [-0.39, 0.29) is 18.1 Å². The number of hydrogen-bond donors (Lipinski definition) is 3. The molecule has 3 N–H and O–H groups in total. The maximum Gasteiger partial charge on any atom is 0.279 e. The van der Waals surface area contributed by atoms with Crippen molar-refractivity contribution in [1.29, 1.82) is 0 Å². The van der Waals surface area contributed by atoms with Crippen LogP contribution in [0.1, 0.15) is 5.56 Å². The van der Waals surface area contributed by atoms with Crippen LogP contribution in [0.25, 0.3) is 0 Å². The third-order valence-electron chi connectivity index (χ3n) is 5.20. The van der Waals surface area contributed by atoms with Crippen LogP contribution in [0, 0.1) is 11.6 Å². The minimum atomic E-state index is -0.766. The first-order valence-electron chi connectivity index (χ1n) is 9.62. The Hall–Kier alpha value is -2.71. The quantitative estimate of drug-likeness (QED) is 0.601. The molecule has 0 saturated carbocycles. The fraction of sp³-hybridized carbons (Fsp3) is 0.381. The Morgan fingerprint density at radius 3 is 2.21 bits per heavy atom. The van der Waals surface area contributed by atoms with E-state index in [4.69, 9.17) is 9.47 Å². The molecule has 6 nitrogen and oxygen atoms in total. The minimum absolute atomic E-state index is 0.192. The maximum absolute atomic E-state index is 13.7. The molecule has 0 atom stereocenters. The standard InChI is InChI=1S/C21H25F2N3O3/c1-28-18-7-6-15(12-19(18)29-2)13-25-8-10-26(11-9-25)14-20(27)24-21-16(22)4-3-5-17(21)23/h3-7,12H,8-11,13-14H2,1-2H3,(H,24,27)/p+2. The van der Waals surface area contributed by atoms with Gasteiger partial charge in [0.2, 0.25) is 0 Å². The van der Waals surface area contributed by atoms with E-state index >= 15 is 0 Å². The Morgan fingerprint density at radius 1 is 0.966 bits per heavy atom. The average molecular weight is 407 g/mol. The number of para-hydroxylation sites is 1. The lowest BCUT2D eigenvalue weighted by Gasteiger charge is -2.29. The number of carbonyl (C=O) groups is 1. The van der Waals surface area contributed by atoms with E-state index in [2.05, 4.69) is 5.32 Å². The number of benzene rings is 2. The number of ether oxygens (including phenoxy) is 2. The van der Waals surface area contributed by atoms with Gasteiger partial charge in [-0.2, -0.15) is 0 Å². The molecule has 0 radical (unpaired) electrons. The van der Waals surface area contributed by atoms with Crippen LogP contribution in [0.15, 0.2) is 36.4 Å². The van der Waals surface area contributed by atoms with Gasteiger partial charge in [-0.25, -0.2) is 8.78 Å². The van der Waals surface area contributed by atoms with Crippen molar-refractivity contribution in [2.24, 2.45) is 0 Å². The van der Waals surface area contributed by atoms with Gasteiger partial charge in [-0.15, -0.1) is 0 Å². The summed E-state index contributed by atoms with van der Waals surface area (Å²) in [7, 11) is 3.23. The smallest absolute Gasteiger partial charge is 0.279 e. The summed E-state index contributed by atoms with van der Waals surface area (Å²) in [6.07, 6.45) is 0. The molecular formula is C21H27F2N3O3+2. The van der Waals surface area contributed by atoms with Crippen molar-refractivity contribution in [1.82, 2.24) is 0 Å². The Morgan fingerprint density at radius 2 is 1.59 bits per heavy atom. The Balaban J connectivity index is 1.48. The van der Waals surface area contributed by atoms with Crippen molar-refractivity contribution < 1.29 is 32.8 Å². The molecule has 1 aliphatic heterocycles. The third kappa shape index (κ3) is 5.42. The summed E-state index contributed by atoms with van der Waals surface area (Å²) < 4.78 is 38.0. The van der Waals surface area contributed by atoms with E-state index in [1.165, 1.54) is 11.0 Å². The van der Waals surface area contributed by atoms with Crippen molar-refractivity contribution in [3.05, 3.63) is 53.6 Å². The highest BCUT2D eigenvalue weighted by Crippen LogP contribution is 2.27. The second kappa shape index (κ2) is 9.67. The predicted molar refractivity (Wildman–Crippen MR) is 104 cm³/mol. The summed E-state index contributed by atoms with van der Waals surface area (Å²) in [4.78, 5) is 14.7. The molecule has 2 aromatic rings. The SMILES string of the molecule is COc1ccc(C[NH+]2CC[NH+](CC(=O)Nc3c(F)cccc3F)CC2)cc1OC. The molecular weight excluding hydrogens is 380 g/mol. The molecule has 0 aromatic heterocycles. The molecule has 1 fully saturated rings. The Labute approximate surface area is 169 Å². The zero-order valence-electron chi connectivity index (χ0n) is 16.7. The summed E-state index contributed by atoms with van der Waals surface area (Å²) in [5, 5.41) is 2.36. The van der Waals surface area contributed by atoms with Crippen molar-refractivity contribution in [2.75, 3.05) is 52.3 Å². The highest BCUT2D eigenvalue weighted by molar-refractivity contribution is 5.91. The zero-order valence-corrected chi connectivity index (χ0v) is 16.7. The van der Waals surface area contributed by atoms with Crippen LogP contribution in [0.4, 0.5) is 14.5 Å². The number of quaternary nitrogens is 2. The molecule has 156 valence electrons. The number of methoxy groups -OCH3 is 2. The van der Waals surface area contributed by atoms with Crippen LogP contribution in [0.5, 0.6) is 11.5 Å².